The zero-order chi connectivity index (χ0) is 30.6. The van der Waals surface area contributed by atoms with Crippen LogP contribution in [0.1, 0.15) is 73.5 Å². The van der Waals surface area contributed by atoms with Crippen LogP contribution < -0.4 is 11.1 Å². The third kappa shape index (κ3) is 6.89. The second kappa shape index (κ2) is 13.7. The standard InChI is InChI=1S/C22H19FN4O5.C7H7F2N.CH4/c1-3-8-32-22(31)13-4-5-14-12(11(13)2)6-7-16(14)26-20(28)18-9-17(21(29)30)25-19-15(23)10-24-27(18)19;8-6-2-1-5(4-10)3-7(6)9;/h3-5,9-10,16H,1,6-8H2,2H3,(H,26,28)(H,29,30);1-3H,4,10H2;1H4/t16-;;/m0../s1. The first-order chi connectivity index (χ1) is 20.0. The minimum Gasteiger partial charge on any atom is -0.477 e. The van der Waals surface area contributed by atoms with Crippen molar-refractivity contribution in [2.24, 2.45) is 5.73 Å². The van der Waals surface area contributed by atoms with Gasteiger partial charge >= 0.3 is 11.9 Å². The third-order valence-electron chi connectivity index (χ3n) is 6.65. The van der Waals surface area contributed by atoms with Crippen LogP contribution in [0.3, 0.4) is 0 Å². The molecule has 10 nitrogen and oxygen atoms in total. The van der Waals surface area contributed by atoms with Crippen molar-refractivity contribution in [2.45, 2.75) is 39.8 Å². The molecule has 4 aromatic rings. The quantitative estimate of drug-likeness (QED) is 0.205. The van der Waals surface area contributed by atoms with Gasteiger partial charge in [0.15, 0.2) is 28.8 Å². The zero-order valence-electron chi connectivity index (χ0n) is 22.4. The van der Waals surface area contributed by atoms with Crippen LogP contribution in [0.4, 0.5) is 13.2 Å². The van der Waals surface area contributed by atoms with E-state index in [0.717, 1.165) is 45.6 Å². The predicted molar refractivity (Wildman–Crippen MR) is 151 cm³/mol. The van der Waals surface area contributed by atoms with Gasteiger partial charge in [-0.2, -0.15) is 5.10 Å². The van der Waals surface area contributed by atoms with Gasteiger partial charge in [-0.1, -0.05) is 32.2 Å². The zero-order valence-corrected chi connectivity index (χ0v) is 22.4. The molecule has 0 radical (unpaired) electrons. The van der Waals surface area contributed by atoms with E-state index in [4.69, 9.17) is 10.5 Å². The maximum atomic E-state index is 13.9. The summed E-state index contributed by atoms with van der Waals surface area (Å²) in [6, 6.07) is 7.72. The topological polar surface area (TPSA) is 149 Å². The molecule has 2 aromatic carbocycles. The first-order valence-electron chi connectivity index (χ1n) is 12.7. The SMILES string of the molecule is C.C=CCOC(=O)c1ccc2c(c1C)CC[C@@H]2NC(=O)c1cc(C(=O)O)nc2c(F)cnn12.NCc1ccc(F)c(F)c1. The van der Waals surface area contributed by atoms with Gasteiger partial charge in [0.25, 0.3) is 5.91 Å². The van der Waals surface area contributed by atoms with Crippen LogP contribution in [-0.2, 0) is 17.7 Å². The lowest BCUT2D eigenvalue weighted by atomic mass is 9.98. The summed E-state index contributed by atoms with van der Waals surface area (Å²) in [7, 11) is 0. The van der Waals surface area contributed by atoms with Gasteiger partial charge in [0.05, 0.1) is 17.8 Å². The Kier molecular flexibility index (Phi) is 10.4. The highest BCUT2D eigenvalue weighted by atomic mass is 19.2. The van der Waals surface area contributed by atoms with Gasteiger partial charge in [0.2, 0.25) is 0 Å². The van der Waals surface area contributed by atoms with Gasteiger partial charge in [0.1, 0.15) is 12.3 Å². The fourth-order valence-electron chi connectivity index (χ4n) is 4.57. The summed E-state index contributed by atoms with van der Waals surface area (Å²) in [4.78, 5) is 40.3. The number of nitrogens with one attached hydrogen (secondary N) is 1. The molecule has 43 heavy (non-hydrogen) atoms. The first-order valence-corrected chi connectivity index (χ1v) is 12.7. The van der Waals surface area contributed by atoms with Gasteiger partial charge in [0, 0.05) is 12.6 Å². The molecular weight excluding hydrogens is 567 g/mol. The Morgan fingerprint density at radius 3 is 2.56 bits per heavy atom. The number of nitrogens with two attached hydrogens (primary N) is 1. The Balaban J connectivity index is 0.000000392. The van der Waals surface area contributed by atoms with Crippen LogP contribution in [0.15, 0.2) is 55.3 Å². The van der Waals surface area contributed by atoms with Crippen molar-refractivity contribution in [3.63, 3.8) is 0 Å². The van der Waals surface area contributed by atoms with Crippen LogP contribution in [0, 0.1) is 24.4 Å². The molecule has 13 heteroatoms. The molecule has 2 aromatic heterocycles. The number of carbonyl (C=O) groups is 3. The second-order valence-electron chi connectivity index (χ2n) is 9.27. The number of fused-ring (bicyclic) bond motifs is 2. The van der Waals surface area contributed by atoms with Gasteiger partial charge in [-0.05, 0) is 60.2 Å². The van der Waals surface area contributed by atoms with Gasteiger partial charge in [-0.25, -0.2) is 32.3 Å². The highest BCUT2D eigenvalue weighted by Gasteiger charge is 2.29. The molecule has 0 fully saturated rings. The molecule has 1 aliphatic carbocycles. The molecular formula is C30H30F3N5O5. The Morgan fingerprint density at radius 1 is 1.16 bits per heavy atom. The molecule has 226 valence electrons. The number of carboxylic acids is 1. The minimum atomic E-state index is -1.39. The molecule has 1 aliphatic rings. The van der Waals surface area contributed by atoms with E-state index < -0.39 is 41.0 Å². The fraction of sp³-hybridized carbons (Fsp3) is 0.233. The van der Waals surface area contributed by atoms with Crippen LogP contribution >= 0.6 is 0 Å². The Labute approximate surface area is 245 Å². The number of rotatable bonds is 7. The molecule has 4 N–H and O–H groups in total. The predicted octanol–water partition coefficient (Wildman–Crippen LogP) is 4.69. The molecule has 0 unspecified atom stereocenters. The number of aromatic carboxylic acids is 1. The van der Waals surface area contributed by atoms with E-state index in [2.05, 4.69) is 22.0 Å². The van der Waals surface area contributed by atoms with E-state index in [1.807, 2.05) is 6.92 Å². The number of esters is 1. The normalized spacial score (nSPS) is 13.3. The lowest BCUT2D eigenvalue weighted by molar-refractivity contribution is 0.0548. The number of nitrogens with zero attached hydrogens (tertiary/aromatic N) is 3. The largest absolute Gasteiger partial charge is 0.477 e. The number of halogens is 3. The summed E-state index contributed by atoms with van der Waals surface area (Å²) < 4.78 is 44.6. The van der Waals surface area contributed by atoms with Gasteiger partial charge < -0.3 is 20.9 Å². The van der Waals surface area contributed by atoms with Crippen molar-refractivity contribution in [2.75, 3.05) is 6.61 Å². The maximum absolute atomic E-state index is 13.9. The molecule has 0 spiro atoms. The van der Waals surface area contributed by atoms with Crippen molar-refractivity contribution >= 4 is 23.5 Å². The highest BCUT2D eigenvalue weighted by molar-refractivity contribution is 5.96. The highest BCUT2D eigenvalue weighted by Crippen LogP contribution is 2.35. The fourth-order valence-corrected chi connectivity index (χ4v) is 4.57. The Bertz CT molecular complexity index is 1710. The van der Waals surface area contributed by atoms with Crippen LogP contribution in [-0.4, -0.2) is 44.2 Å². The first kappa shape index (κ1) is 32.5. The summed E-state index contributed by atoms with van der Waals surface area (Å²) in [5.41, 5.74) is 7.84. The van der Waals surface area contributed by atoms with E-state index >= 15 is 0 Å². The van der Waals surface area contributed by atoms with Crippen molar-refractivity contribution in [1.82, 2.24) is 19.9 Å². The second-order valence-corrected chi connectivity index (χ2v) is 9.27. The summed E-state index contributed by atoms with van der Waals surface area (Å²) in [5.74, 6) is -4.97. The molecule has 0 aliphatic heterocycles. The summed E-state index contributed by atoms with van der Waals surface area (Å²) in [6.07, 6.45) is 3.58. The Morgan fingerprint density at radius 2 is 1.91 bits per heavy atom. The van der Waals surface area contributed by atoms with Crippen molar-refractivity contribution in [3.8, 4) is 0 Å². The van der Waals surface area contributed by atoms with Crippen molar-refractivity contribution in [3.05, 3.63) is 112 Å². The molecule has 5 rings (SSSR count). The van der Waals surface area contributed by atoms with Crippen LogP contribution in [0.2, 0.25) is 0 Å². The minimum absolute atomic E-state index is 0. The molecule has 0 saturated heterocycles. The van der Waals surface area contributed by atoms with E-state index in [1.54, 1.807) is 12.1 Å². The van der Waals surface area contributed by atoms with Gasteiger partial charge in [-0.15, -0.1) is 0 Å². The average Bonchev–Trinajstić information content (AvgIpc) is 3.56. The van der Waals surface area contributed by atoms with Gasteiger partial charge in [-0.3, -0.25) is 4.79 Å². The van der Waals surface area contributed by atoms with Crippen LogP contribution in [0.25, 0.3) is 5.65 Å². The van der Waals surface area contributed by atoms with E-state index in [1.165, 1.54) is 12.1 Å². The Hall–Kier alpha value is -5.04. The number of amides is 1. The summed E-state index contributed by atoms with van der Waals surface area (Å²) in [6.45, 7) is 5.69. The molecule has 0 bridgehead atoms. The molecule has 0 saturated carbocycles. The number of ether oxygens (including phenoxy) is 1. The number of hydrogen-bond acceptors (Lipinski definition) is 7. The number of carboxylic acid groups (broad SMARTS) is 1. The lowest BCUT2D eigenvalue weighted by Gasteiger charge is -2.16. The van der Waals surface area contributed by atoms with E-state index in [9.17, 15) is 32.7 Å². The summed E-state index contributed by atoms with van der Waals surface area (Å²) >= 11 is 0. The lowest BCUT2D eigenvalue weighted by Crippen LogP contribution is -2.29. The summed E-state index contributed by atoms with van der Waals surface area (Å²) in [5, 5.41) is 15.9. The molecule has 2 heterocycles. The monoisotopic (exact) mass is 597 g/mol. The van der Waals surface area contributed by atoms with Crippen LogP contribution in [0.5, 0.6) is 0 Å². The van der Waals surface area contributed by atoms with Crippen molar-refractivity contribution < 1.29 is 37.4 Å². The van der Waals surface area contributed by atoms with Crippen molar-refractivity contribution in [1.29, 1.82) is 0 Å². The molecule has 1 amide bonds. The van der Waals surface area contributed by atoms with E-state index in [0.29, 0.717) is 24.0 Å². The number of carbonyl (C=O) groups excluding carboxylic acids is 2. The van der Waals surface area contributed by atoms with E-state index in [-0.39, 0.29) is 38.0 Å². The maximum Gasteiger partial charge on any atom is 0.354 e. The molecule has 1 atom stereocenters. The number of hydrogen-bond donors (Lipinski definition) is 3. The number of benzene rings is 2. The third-order valence-corrected chi connectivity index (χ3v) is 6.65. The number of aromatic nitrogens is 3. The average molecular weight is 598 g/mol. The smallest absolute Gasteiger partial charge is 0.354 e.